The van der Waals surface area contributed by atoms with Gasteiger partial charge in [-0.15, -0.1) is 0 Å². The molecule has 0 bridgehead atoms. The molecule has 0 aliphatic carbocycles. The number of ether oxygens (including phenoxy) is 3. The van der Waals surface area contributed by atoms with E-state index in [1.165, 1.54) is 16.7 Å². The van der Waals surface area contributed by atoms with Gasteiger partial charge in [-0.2, -0.15) is 0 Å². The largest absolute Gasteiger partial charge is 0.379 e. The standard InChI is InChI=1S/C29H34N4O3.C29H33N3O4.C28H30ClN3O4.C28H31N3O4/c1-20-3-11-26(28(35)30-20)33-19-24-17-21(6-10-25(24)29(33)36)7-12-27(34)23-8-4-22(5-9-23)18-32-15-13-31(2)14-16-32;1-19-15-22(6-7-23(19)17-31-11-13-36-14-12-31)27(33)10-5-21-4-8-25-24(16-21)18-32(29(25)35)26-9-3-20(2)30-28(26)34;1-18-2-8-25(27(34)30-18)32-17-22-14-19(3-7-23(22)28(32)35)4-9-26(33)20-5-6-21(24(29)15-20)16-31-10-12-36-13-11-31;1-19-2-10-25(27(33)29-19)31-18-23-16-20(5-9-24(23)28(31)34)6-11-26(32)22-7-3-21(4-8-22)17-30-12-14-35-15-13-30/h4-6,8-10,17,26H,1,3,7,11-16,18-19H2,2H3,(H,30,35);4,6-8,15-16,26H,2-3,5,9-14,17-18H2,1H3,(H,30,34);3,5-7,14-15,25H,1-2,4,8-13,16-17H2,(H,30,34);3-5,7-9,16,25H,1-2,6,10-15,17-18H2,(H,29,33). The third-order valence-electron chi connectivity index (χ3n) is 29.5. The summed E-state index contributed by atoms with van der Waals surface area (Å²) in [5, 5.41) is 11.7. The minimum Gasteiger partial charge on any atom is -0.379 e. The molecule has 4 unspecified atom stereocenters. The normalized spacial score (nSPS) is 20.6. The van der Waals surface area contributed by atoms with E-state index < -0.39 is 24.2 Å². The first-order valence-corrected chi connectivity index (χ1v) is 50.7. The molecule has 0 radical (unpaired) electrons. The summed E-state index contributed by atoms with van der Waals surface area (Å²) in [5.74, 6) is -0.696. The van der Waals surface area contributed by atoms with E-state index in [-0.39, 0.29) is 70.4 Å². The van der Waals surface area contributed by atoms with E-state index in [0.29, 0.717) is 185 Å². The van der Waals surface area contributed by atoms with Gasteiger partial charge in [-0.25, -0.2) is 0 Å². The monoisotopic (exact) mass is 1950 g/mol. The average molecular weight is 1960 g/mol. The molecular formula is C114H128ClN13O15. The van der Waals surface area contributed by atoms with Crippen LogP contribution in [0.2, 0.25) is 5.02 Å². The van der Waals surface area contributed by atoms with Gasteiger partial charge in [0.2, 0.25) is 23.6 Å². The number of fused-ring (bicyclic) bond motifs is 4. The second-order valence-electron chi connectivity index (χ2n) is 39.6. The van der Waals surface area contributed by atoms with Gasteiger partial charge in [0.15, 0.2) is 23.1 Å². The van der Waals surface area contributed by atoms with Crippen molar-refractivity contribution in [2.75, 3.05) is 112 Å². The topological polar surface area (TPSA) is 310 Å². The predicted molar refractivity (Wildman–Crippen MR) is 544 cm³/mol. The molecule has 12 aliphatic rings. The molecule has 28 nitrogen and oxygen atoms in total. The molecular weight excluding hydrogens is 1830 g/mol. The molecule has 4 N–H and O–H groups in total. The molecule has 8 fully saturated rings. The van der Waals surface area contributed by atoms with Crippen LogP contribution in [-0.2, 0) is 111 Å². The highest BCUT2D eigenvalue weighted by molar-refractivity contribution is 6.31. The first kappa shape index (κ1) is 102. The van der Waals surface area contributed by atoms with Gasteiger partial charge in [-0.05, 0) is 200 Å². The van der Waals surface area contributed by atoms with E-state index in [9.17, 15) is 57.5 Å². The number of likely N-dealkylation sites (N-methyl/N-ethyl adjacent to an activating group) is 1. The number of halogens is 1. The number of piperazine rings is 1. The van der Waals surface area contributed by atoms with Gasteiger partial charge in [0, 0.05) is 216 Å². The number of benzene rings is 8. The van der Waals surface area contributed by atoms with Gasteiger partial charge in [0.1, 0.15) is 24.2 Å². The maximum Gasteiger partial charge on any atom is 0.255 e. The lowest BCUT2D eigenvalue weighted by molar-refractivity contribution is -0.127. The number of aryl methyl sites for hydroxylation is 5. The number of allylic oxidation sites excluding steroid dienone is 4. The molecule has 8 amide bonds. The Morgan fingerprint density at radius 2 is 0.587 bits per heavy atom. The quantitative estimate of drug-likeness (QED) is 0.0331. The molecule has 12 heterocycles. The van der Waals surface area contributed by atoms with Gasteiger partial charge >= 0.3 is 0 Å². The average Bonchev–Trinajstić information content (AvgIpc) is 1.64. The molecule has 8 aromatic rings. The molecule has 143 heavy (non-hydrogen) atoms. The van der Waals surface area contributed by atoms with Gasteiger partial charge < -0.3 is 60.0 Å². The third kappa shape index (κ3) is 25.3. The maximum absolute atomic E-state index is 12.9. The van der Waals surface area contributed by atoms with Crippen molar-refractivity contribution in [3.8, 4) is 0 Å². The lowest BCUT2D eigenvalue weighted by Gasteiger charge is -2.32. The number of hydrogen-bond acceptors (Lipinski definition) is 20. The number of piperidine rings is 4. The number of amides is 8. The van der Waals surface area contributed by atoms with Crippen LogP contribution >= 0.6 is 11.6 Å². The van der Waals surface area contributed by atoms with Crippen molar-refractivity contribution in [3.05, 3.63) is 329 Å². The number of ketones is 4. The van der Waals surface area contributed by atoms with E-state index in [1.807, 2.05) is 133 Å². The molecule has 0 spiro atoms. The second kappa shape index (κ2) is 46.7. The summed E-state index contributed by atoms with van der Waals surface area (Å²) >= 11 is 6.50. The fraction of sp³-hybridized carbons (Fsp3) is 0.404. The maximum atomic E-state index is 12.9. The Morgan fingerprint density at radius 3 is 0.888 bits per heavy atom. The highest BCUT2D eigenvalue weighted by Crippen LogP contribution is 2.37. The molecule has 12 aliphatic heterocycles. The van der Waals surface area contributed by atoms with Crippen LogP contribution in [0.25, 0.3) is 0 Å². The number of nitrogens with one attached hydrogen (secondary N) is 4. The van der Waals surface area contributed by atoms with Crippen LogP contribution in [0.15, 0.2) is 207 Å². The fourth-order valence-corrected chi connectivity index (χ4v) is 21.1. The summed E-state index contributed by atoms with van der Waals surface area (Å²) in [4.78, 5) is 171. The number of rotatable bonds is 28. The molecule has 8 aromatic carbocycles. The Labute approximate surface area is 841 Å². The Morgan fingerprint density at radius 1 is 0.322 bits per heavy atom. The van der Waals surface area contributed by atoms with Crippen LogP contribution in [-0.4, -0.2) is 251 Å². The smallest absolute Gasteiger partial charge is 0.255 e. The molecule has 29 heteroatoms. The van der Waals surface area contributed by atoms with Crippen LogP contribution in [0, 0.1) is 6.92 Å². The Kier molecular flexibility index (Phi) is 33.2. The lowest BCUT2D eigenvalue weighted by atomic mass is 9.97. The van der Waals surface area contributed by atoms with Crippen molar-refractivity contribution in [2.45, 2.75) is 186 Å². The minimum atomic E-state index is -0.476. The lowest BCUT2D eigenvalue weighted by Crippen LogP contribution is -2.49. The summed E-state index contributed by atoms with van der Waals surface area (Å²) in [6.07, 6.45) is 9.07. The van der Waals surface area contributed by atoms with Crippen LogP contribution in [0.3, 0.4) is 0 Å². The van der Waals surface area contributed by atoms with Crippen LogP contribution < -0.4 is 21.3 Å². The van der Waals surface area contributed by atoms with Crippen molar-refractivity contribution in [1.82, 2.24) is 65.4 Å². The number of carbonyl (C=O) groups excluding carboxylic acids is 12. The summed E-state index contributed by atoms with van der Waals surface area (Å²) in [6, 6.07) is 48.6. The summed E-state index contributed by atoms with van der Waals surface area (Å²) < 4.78 is 16.2. The fourth-order valence-electron chi connectivity index (χ4n) is 20.8. The third-order valence-corrected chi connectivity index (χ3v) is 29.8. The predicted octanol–water partition coefficient (Wildman–Crippen LogP) is 13.2. The highest BCUT2D eigenvalue weighted by atomic mass is 35.5. The summed E-state index contributed by atoms with van der Waals surface area (Å²) in [5.41, 5.74) is 21.8. The first-order valence-electron chi connectivity index (χ1n) is 50.3. The Bertz CT molecular complexity index is 6080. The summed E-state index contributed by atoms with van der Waals surface area (Å²) in [6.45, 7) is 36.8. The van der Waals surface area contributed by atoms with E-state index in [1.54, 1.807) is 25.7 Å². The SMILES string of the molecule is C=C1CCC(N2Cc3cc(CCC(=O)c4ccc(CN5CCN(C)CC5)cc4)ccc3C2=O)C(=O)N1.C=C1CCC(N2Cc3cc(CCC(=O)c4ccc(CN5CCOCC5)c(C)c4)ccc3C2=O)C(=O)N1.C=C1CCC(N2Cc3cc(CCC(=O)c4ccc(CN5CCOCC5)c(Cl)c4)ccc3C2=O)C(=O)N1.C=C1CCC(N2Cc3cc(CCC(=O)c4ccc(CN5CCOCC5)cc4)ccc3C2=O)C(=O)N1. The van der Waals surface area contributed by atoms with Crippen molar-refractivity contribution in [2.24, 2.45) is 0 Å². The zero-order valence-corrected chi connectivity index (χ0v) is 82.7. The van der Waals surface area contributed by atoms with Crippen molar-refractivity contribution >= 4 is 82.0 Å². The zero-order valence-electron chi connectivity index (χ0n) is 82.0. The van der Waals surface area contributed by atoms with E-state index in [2.05, 4.69) is 104 Å². The molecule has 4 atom stereocenters. The summed E-state index contributed by atoms with van der Waals surface area (Å²) in [7, 11) is 2.16. The molecule has 746 valence electrons. The van der Waals surface area contributed by atoms with Crippen LogP contribution in [0.1, 0.15) is 232 Å². The minimum absolute atomic E-state index is 0.0344. The number of hydrogen-bond donors (Lipinski definition) is 4. The van der Waals surface area contributed by atoms with E-state index >= 15 is 0 Å². The molecule has 20 rings (SSSR count). The molecule has 0 saturated carbocycles. The van der Waals surface area contributed by atoms with Crippen molar-refractivity contribution < 1.29 is 71.7 Å². The number of nitrogens with zero attached hydrogens (tertiary/aromatic N) is 9. The zero-order chi connectivity index (χ0) is 100. The first-order chi connectivity index (χ1) is 69.1. The molecule has 8 saturated heterocycles. The number of morpholine rings is 3. The molecule has 0 aromatic heterocycles. The van der Waals surface area contributed by atoms with Gasteiger partial charge in [-0.1, -0.05) is 159 Å². The van der Waals surface area contributed by atoms with E-state index in [0.717, 1.165) is 204 Å². The van der Waals surface area contributed by atoms with Crippen molar-refractivity contribution in [3.63, 3.8) is 0 Å². The van der Waals surface area contributed by atoms with Crippen LogP contribution in [0.5, 0.6) is 0 Å². The van der Waals surface area contributed by atoms with E-state index in [4.69, 9.17) is 25.8 Å². The van der Waals surface area contributed by atoms with Crippen LogP contribution in [0.4, 0.5) is 0 Å². The van der Waals surface area contributed by atoms with Crippen molar-refractivity contribution in [1.29, 1.82) is 0 Å². The number of Topliss-reactive ketones (excluding diaryl/α,β-unsaturated/α-hetero) is 4. The Hall–Kier alpha value is -12.9. The van der Waals surface area contributed by atoms with Gasteiger partial charge in [0.05, 0.1) is 39.6 Å². The Balaban J connectivity index is 0.000000131. The van der Waals surface area contributed by atoms with Gasteiger partial charge in [0.25, 0.3) is 23.6 Å². The second-order valence-corrected chi connectivity index (χ2v) is 40.0. The highest BCUT2D eigenvalue weighted by Gasteiger charge is 2.43. The number of carbonyl (C=O) groups is 12. The van der Waals surface area contributed by atoms with Gasteiger partial charge in [-0.3, -0.25) is 77.1 Å².